The van der Waals surface area contributed by atoms with Crippen molar-refractivity contribution in [3.8, 4) is 0 Å². The van der Waals surface area contributed by atoms with Crippen LogP contribution in [-0.2, 0) is 12.8 Å². The Kier molecular flexibility index (Phi) is 11.0. The number of nitrogens with one attached hydrogen (secondary N) is 2. The molecule has 0 radical (unpaired) electrons. The van der Waals surface area contributed by atoms with Gasteiger partial charge in [0.05, 0.1) is 6.26 Å². The van der Waals surface area contributed by atoms with Crippen molar-refractivity contribution >= 4 is 41.3 Å². The lowest BCUT2D eigenvalue weighted by Crippen LogP contribution is -2.49. The number of hydrogen-bond acceptors (Lipinski definition) is 4. The minimum atomic E-state index is 0. The average molecular weight is 516 g/mol. The smallest absolute Gasteiger partial charge is 0.191 e. The fourth-order valence-electron chi connectivity index (χ4n) is 3.45. The standard InChI is InChI=1S/C21H32N4OS.HI/c1-2-13-25-14-9-18(10-15-25)24-21(22-11-7-19-5-3-16-26-19)23-12-8-20-6-4-17-27-20;/h3-6,16-18H,2,7-15H2,1H3,(H2,22,23,24);1H. The average Bonchev–Trinajstić information content (AvgIpc) is 3.37. The first kappa shape index (κ1) is 23.2. The maximum Gasteiger partial charge on any atom is 0.191 e. The van der Waals surface area contributed by atoms with E-state index >= 15 is 0 Å². The van der Waals surface area contributed by atoms with Crippen molar-refractivity contribution in [2.75, 3.05) is 32.7 Å². The Balaban J connectivity index is 0.00000280. The highest BCUT2D eigenvalue weighted by atomic mass is 127. The van der Waals surface area contributed by atoms with Gasteiger partial charge in [-0.2, -0.15) is 0 Å². The van der Waals surface area contributed by atoms with Crippen LogP contribution < -0.4 is 10.6 Å². The van der Waals surface area contributed by atoms with Gasteiger partial charge < -0.3 is 20.0 Å². The van der Waals surface area contributed by atoms with E-state index in [1.165, 1.54) is 43.8 Å². The lowest BCUT2D eigenvalue weighted by atomic mass is 10.1. The number of likely N-dealkylation sites (tertiary alicyclic amines) is 1. The van der Waals surface area contributed by atoms with Gasteiger partial charge in [0, 0.05) is 49.9 Å². The molecule has 28 heavy (non-hydrogen) atoms. The molecule has 5 nitrogen and oxygen atoms in total. The van der Waals surface area contributed by atoms with Crippen molar-refractivity contribution in [2.24, 2.45) is 4.99 Å². The molecule has 1 saturated heterocycles. The molecule has 2 N–H and O–H groups in total. The van der Waals surface area contributed by atoms with E-state index in [2.05, 4.69) is 40.0 Å². The fraction of sp³-hybridized carbons (Fsp3) is 0.571. The number of nitrogens with zero attached hydrogens (tertiary/aromatic N) is 2. The minimum Gasteiger partial charge on any atom is -0.469 e. The molecule has 0 unspecified atom stereocenters. The summed E-state index contributed by atoms with van der Waals surface area (Å²) in [7, 11) is 0. The summed E-state index contributed by atoms with van der Waals surface area (Å²) in [5.74, 6) is 1.94. The highest BCUT2D eigenvalue weighted by molar-refractivity contribution is 14.0. The maximum absolute atomic E-state index is 5.43. The second-order valence-corrected chi connectivity index (χ2v) is 8.11. The lowest BCUT2D eigenvalue weighted by molar-refractivity contribution is 0.206. The SMILES string of the molecule is CCCN1CCC(NC(=NCCc2cccs2)NCCc2ccco2)CC1.I. The molecule has 0 amide bonds. The van der Waals surface area contributed by atoms with Crippen LogP contribution >= 0.6 is 35.3 Å². The quantitative estimate of drug-likeness (QED) is 0.299. The van der Waals surface area contributed by atoms with Gasteiger partial charge in [0.25, 0.3) is 0 Å². The number of hydrogen-bond donors (Lipinski definition) is 2. The predicted octanol–water partition coefficient (Wildman–Crippen LogP) is 4.15. The van der Waals surface area contributed by atoms with E-state index in [4.69, 9.17) is 9.41 Å². The van der Waals surface area contributed by atoms with E-state index in [9.17, 15) is 0 Å². The Bertz CT molecular complexity index is 652. The van der Waals surface area contributed by atoms with E-state index in [1.807, 2.05) is 12.1 Å². The highest BCUT2D eigenvalue weighted by Crippen LogP contribution is 2.11. The Morgan fingerprint density at radius 1 is 1.25 bits per heavy atom. The van der Waals surface area contributed by atoms with Gasteiger partial charge in [0.15, 0.2) is 5.96 Å². The van der Waals surface area contributed by atoms with E-state index < -0.39 is 0 Å². The van der Waals surface area contributed by atoms with E-state index in [-0.39, 0.29) is 24.0 Å². The molecule has 156 valence electrons. The summed E-state index contributed by atoms with van der Waals surface area (Å²) in [5, 5.41) is 9.28. The third-order valence-corrected chi connectivity index (χ3v) is 5.86. The molecular formula is C21H33IN4OS. The van der Waals surface area contributed by atoms with Crippen LogP contribution in [0.3, 0.4) is 0 Å². The Hall–Kier alpha value is -1.06. The summed E-state index contributed by atoms with van der Waals surface area (Å²) in [6.07, 6.45) is 7.20. The molecule has 0 bridgehead atoms. The molecule has 1 aliphatic heterocycles. The minimum absolute atomic E-state index is 0. The molecular weight excluding hydrogens is 483 g/mol. The van der Waals surface area contributed by atoms with Crippen molar-refractivity contribution in [1.82, 2.24) is 15.5 Å². The van der Waals surface area contributed by atoms with E-state index in [0.29, 0.717) is 6.04 Å². The van der Waals surface area contributed by atoms with E-state index in [1.54, 1.807) is 17.6 Å². The molecule has 3 rings (SSSR count). The Morgan fingerprint density at radius 2 is 2.11 bits per heavy atom. The van der Waals surface area contributed by atoms with Crippen LogP contribution in [0, 0.1) is 0 Å². The van der Waals surface area contributed by atoms with Crippen molar-refractivity contribution in [3.05, 3.63) is 46.5 Å². The van der Waals surface area contributed by atoms with Gasteiger partial charge in [-0.3, -0.25) is 4.99 Å². The van der Waals surface area contributed by atoms with Crippen LogP contribution in [0.4, 0.5) is 0 Å². The molecule has 0 atom stereocenters. The second kappa shape index (κ2) is 13.2. The predicted molar refractivity (Wildman–Crippen MR) is 129 cm³/mol. The summed E-state index contributed by atoms with van der Waals surface area (Å²) < 4.78 is 5.43. The number of guanidine groups is 1. The number of piperidine rings is 1. The Morgan fingerprint density at radius 3 is 2.79 bits per heavy atom. The van der Waals surface area contributed by atoms with Crippen molar-refractivity contribution in [3.63, 3.8) is 0 Å². The van der Waals surface area contributed by atoms with Gasteiger partial charge in [-0.15, -0.1) is 35.3 Å². The summed E-state index contributed by atoms with van der Waals surface area (Å²) in [5.41, 5.74) is 0. The fourth-order valence-corrected chi connectivity index (χ4v) is 4.15. The third kappa shape index (κ3) is 8.13. The molecule has 1 fully saturated rings. The monoisotopic (exact) mass is 516 g/mol. The third-order valence-electron chi connectivity index (χ3n) is 4.92. The van der Waals surface area contributed by atoms with Gasteiger partial charge in [-0.1, -0.05) is 13.0 Å². The molecule has 2 aromatic rings. The first-order valence-electron chi connectivity index (χ1n) is 10.2. The first-order chi connectivity index (χ1) is 13.3. The second-order valence-electron chi connectivity index (χ2n) is 7.08. The molecule has 0 aromatic carbocycles. The summed E-state index contributed by atoms with van der Waals surface area (Å²) in [6.45, 7) is 7.47. The first-order valence-corrected chi connectivity index (χ1v) is 11.0. The van der Waals surface area contributed by atoms with Crippen LogP contribution in [0.25, 0.3) is 0 Å². The zero-order valence-electron chi connectivity index (χ0n) is 16.7. The van der Waals surface area contributed by atoms with Crippen LogP contribution in [0.1, 0.15) is 36.8 Å². The zero-order chi connectivity index (χ0) is 18.7. The van der Waals surface area contributed by atoms with Gasteiger partial charge in [-0.25, -0.2) is 0 Å². The van der Waals surface area contributed by atoms with Crippen LogP contribution in [-0.4, -0.2) is 49.6 Å². The number of halogens is 1. The van der Waals surface area contributed by atoms with Gasteiger partial charge in [0.2, 0.25) is 0 Å². The van der Waals surface area contributed by atoms with Crippen LogP contribution in [0.15, 0.2) is 45.3 Å². The largest absolute Gasteiger partial charge is 0.469 e. The van der Waals surface area contributed by atoms with E-state index in [0.717, 1.165) is 37.7 Å². The molecule has 7 heteroatoms. The zero-order valence-corrected chi connectivity index (χ0v) is 19.9. The highest BCUT2D eigenvalue weighted by Gasteiger charge is 2.19. The van der Waals surface area contributed by atoms with Gasteiger partial charge in [-0.05, 0) is 49.4 Å². The number of thiophene rings is 1. The van der Waals surface area contributed by atoms with Crippen LogP contribution in [0.5, 0.6) is 0 Å². The molecule has 2 aromatic heterocycles. The summed E-state index contributed by atoms with van der Waals surface area (Å²) in [4.78, 5) is 8.78. The number of aliphatic imine (C=N–C) groups is 1. The maximum atomic E-state index is 5.43. The topological polar surface area (TPSA) is 52.8 Å². The summed E-state index contributed by atoms with van der Waals surface area (Å²) in [6, 6.07) is 8.75. The van der Waals surface area contributed by atoms with Crippen molar-refractivity contribution < 1.29 is 4.42 Å². The summed E-state index contributed by atoms with van der Waals surface area (Å²) >= 11 is 1.80. The molecule has 0 aliphatic carbocycles. The van der Waals surface area contributed by atoms with Gasteiger partial charge >= 0.3 is 0 Å². The normalized spacial score (nSPS) is 16.0. The molecule has 1 aliphatic rings. The number of furan rings is 1. The lowest BCUT2D eigenvalue weighted by Gasteiger charge is -2.32. The van der Waals surface area contributed by atoms with Crippen molar-refractivity contribution in [2.45, 2.75) is 45.1 Å². The number of rotatable bonds is 9. The van der Waals surface area contributed by atoms with Crippen molar-refractivity contribution in [1.29, 1.82) is 0 Å². The molecule has 3 heterocycles. The van der Waals surface area contributed by atoms with Gasteiger partial charge in [0.1, 0.15) is 5.76 Å². The molecule has 0 saturated carbocycles. The Labute approximate surface area is 190 Å². The van der Waals surface area contributed by atoms with Crippen LogP contribution in [0.2, 0.25) is 0 Å². The molecule has 0 spiro atoms.